The standard InChI is InChI=1S/C16H18Cl2N2/c17-10-14-15(13-8-4-5-9-13)19-20(16(14)18)11-12-6-2-1-3-7-12/h1-3,6-7,13H,4-5,8-11H2. The molecule has 1 fully saturated rings. The van der Waals surface area contributed by atoms with Crippen molar-refractivity contribution < 1.29 is 0 Å². The number of alkyl halides is 1. The van der Waals surface area contributed by atoms with E-state index in [0.717, 1.165) is 11.3 Å². The molecule has 0 N–H and O–H groups in total. The van der Waals surface area contributed by atoms with E-state index in [0.29, 0.717) is 23.5 Å². The summed E-state index contributed by atoms with van der Waals surface area (Å²) in [6.45, 7) is 0.705. The third kappa shape index (κ3) is 2.72. The zero-order chi connectivity index (χ0) is 13.9. The summed E-state index contributed by atoms with van der Waals surface area (Å²) in [5.74, 6) is 0.984. The molecule has 2 aromatic rings. The highest BCUT2D eigenvalue weighted by Gasteiger charge is 2.25. The van der Waals surface area contributed by atoms with Crippen LogP contribution in [-0.4, -0.2) is 9.78 Å². The molecule has 3 rings (SSSR count). The molecule has 106 valence electrons. The number of halogens is 2. The van der Waals surface area contributed by atoms with Gasteiger partial charge in [0.05, 0.1) is 18.1 Å². The lowest BCUT2D eigenvalue weighted by molar-refractivity contribution is 0.628. The fourth-order valence-corrected chi connectivity index (χ4v) is 3.60. The Bertz CT molecular complexity index is 572. The molecule has 0 radical (unpaired) electrons. The number of hydrogen-bond acceptors (Lipinski definition) is 1. The molecule has 0 atom stereocenters. The molecular weight excluding hydrogens is 291 g/mol. The summed E-state index contributed by atoms with van der Waals surface area (Å²) in [5, 5.41) is 5.46. The molecule has 1 heterocycles. The second kappa shape index (κ2) is 6.19. The first-order chi connectivity index (χ1) is 9.79. The maximum Gasteiger partial charge on any atom is 0.132 e. The van der Waals surface area contributed by atoms with Crippen LogP contribution >= 0.6 is 23.2 Å². The van der Waals surface area contributed by atoms with Crippen molar-refractivity contribution in [1.82, 2.24) is 9.78 Å². The maximum absolute atomic E-state index is 6.47. The van der Waals surface area contributed by atoms with Crippen LogP contribution < -0.4 is 0 Å². The van der Waals surface area contributed by atoms with Gasteiger partial charge in [0.25, 0.3) is 0 Å². The van der Waals surface area contributed by atoms with Gasteiger partial charge in [0, 0.05) is 11.5 Å². The monoisotopic (exact) mass is 308 g/mol. The first-order valence-electron chi connectivity index (χ1n) is 7.14. The summed E-state index contributed by atoms with van der Waals surface area (Å²) in [7, 11) is 0. The van der Waals surface area contributed by atoms with Crippen LogP contribution in [0.15, 0.2) is 30.3 Å². The fraction of sp³-hybridized carbons (Fsp3) is 0.438. The lowest BCUT2D eigenvalue weighted by Crippen LogP contribution is -2.03. The Labute approximate surface area is 129 Å². The molecule has 0 aliphatic heterocycles. The predicted octanol–water partition coefficient (Wildman–Crippen LogP) is 4.98. The Morgan fingerprint density at radius 2 is 1.85 bits per heavy atom. The highest BCUT2D eigenvalue weighted by molar-refractivity contribution is 6.31. The number of hydrogen-bond donors (Lipinski definition) is 0. The number of rotatable bonds is 4. The summed E-state index contributed by atoms with van der Waals surface area (Å²) in [4.78, 5) is 0. The summed E-state index contributed by atoms with van der Waals surface area (Å²) in [6.07, 6.45) is 5.00. The summed E-state index contributed by atoms with van der Waals surface area (Å²) in [6, 6.07) is 10.3. The highest BCUT2D eigenvalue weighted by atomic mass is 35.5. The van der Waals surface area contributed by atoms with Gasteiger partial charge in [0.15, 0.2) is 0 Å². The lowest BCUT2D eigenvalue weighted by Gasteiger charge is -2.06. The Morgan fingerprint density at radius 1 is 1.15 bits per heavy atom. The Balaban J connectivity index is 1.91. The minimum absolute atomic E-state index is 0.444. The number of nitrogens with zero attached hydrogens (tertiary/aromatic N) is 2. The van der Waals surface area contributed by atoms with E-state index in [9.17, 15) is 0 Å². The van der Waals surface area contributed by atoms with Crippen LogP contribution in [0.25, 0.3) is 0 Å². The van der Waals surface area contributed by atoms with Gasteiger partial charge in [0.1, 0.15) is 5.15 Å². The smallest absolute Gasteiger partial charge is 0.132 e. The van der Waals surface area contributed by atoms with Crippen LogP contribution in [0.2, 0.25) is 5.15 Å². The third-order valence-corrected chi connectivity index (χ3v) is 4.75. The van der Waals surface area contributed by atoms with Crippen LogP contribution in [0.1, 0.15) is 48.4 Å². The van der Waals surface area contributed by atoms with Gasteiger partial charge >= 0.3 is 0 Å². The molecule has 1 saturated carbocycles. The summed E-state index contributed by atoms with van der Waals surface area (Å²) >= 11 is 12.6. The molecule has 0 saturated heterocycles. The SMILES string of the molecule is ClCc1c(C2CCCC2)nn(Cc2ccccc2)c1Cl. The predicted molar refractivity (Wildman–Crippen MR) is 83.5 cm³/mol. The van der Waals surface area contributed by atoms with Crippen molar-refractivity contribution in [3.8, 4) is 0 Å². The second-order valence-electron chi connectivity index (χ2n) is 5.41. The zero-order valence-electron chi connectivity index (χ0n) is 11.4. The van der Waals surface area contributed by atoms with Gasteiger partial charge in [-0.1, -0.05) is 54.8 Å². The molecule has 1 aromatic heterocycles. The van der Waals surface area contributed by atoms with E-state index in [-0.39, 0.29) is 0 Å². The average Bonchev–Trinajstić information content (AvgIpc) is 3.09. The molecule has 20 heavy (non-hydrogen) atoms. The quantitative estimate of drug-likeness (QED) is 0.728. The molecule has 0 bridgehead atoms. The van der Waals surface area contributed by atoms with E-state index >= 15 is 0 Å². The Morgan fingerprint density at radius 3 is 2.50 bits per heavy atom. The van der Waals surface area contributed by atoms with Crippen LogP contribution in [0.5, 0.6) is 0 Å². The van der Waals surface area contributed by atoms with Crippen molar-refractivity contribution in [1.29, 1.82) is 0 Å². The molecule has 1 aliphatic carbocycles. The van der Waals surface area contributed by atoms with Crippen molar-refractivity contribution in [3.05, 3.63) is 52.3 Å². The minimum atomic E-state index is 0.444. The van der Waals surface area contributed by atoms with Crippen LogP contribution in [0.3, 0.4) is 0 Å². The van der Waals surface area contributed by atoms with Gasteiger partial charge < -0.3 is 0 Å². The van der Waals surface area contributed by atoms with Gasteiger partial charge in [-0.25, -0.2) is 4.68 Å². The van der Waals surface area contributed by atoms with Crippen LogP contribution in [-0.2, 0) is 12.4 Å². The highest BCUT2D eigenvalue weighted by Crippen LogP contribution is 2.37. The minimum Gasteiger partial charge on any atom is -0.249 e. The fourth-order valence-electron chi connectivity index (χ4n) is 3.01. The molecule has 1 aromatic carbocycles. The Hall–Kier alpha value is -0.990. The van der Waals surface area contributed by atoms with Gasteiger partial charge in [0.2, 0.25) is 0 Å². The van der Waals surface area contributed by atoms with E-state index in [4.69, 9.17) is 28.3 Å². The topological polar surface area (TPSA) is 17.8 Å². The molecule has 0 spiro atoms. The summed E-state index contributed by atoms with van der Waals surface area (Å²) < 4.78 is 1.89. The molecule has 2 nitrogen and oxygen atoms in total. The molecule has 0 amide bonds. The molecule has 1 aliphatic rings. The third-order valence-electron chi connectivity index (χ3n) is 4.06. The van der Waals surface area contributed by atoms with Crippen molar-refractivity contribution in [2.75, 3.05) is 0 Å². The number of benzene rings is 1. The van der Waals surface area contributed by atoms with Crippen molar-refractivity contribution in [2.24, 2.45) is 0 Å². The van der Waals surface area contributed by atoms with Gasteiger partial charge in [-0.05, 0) is 18.4 Å². The first-order valence-corrected chi connectivity index (χ1v) is 8.06. The van der Waals surface area contributed by atoms with Crippen molar-refractivity contribution in [2.45, 2.75) is 44.0 Å². The van der Waals surface area contributed by atoms with E-state index in [1.165, 1.54) is 31.2 Å². The van der Waals surface area contributed by atoms with Crippen LogP contribution in [0, 0.1) is 0 Å². The van der Waals surface area contributed by atoms with Gasteiger partial charge in [-0.3, -0.25) is 0 Å². The summed E-state index contributed by atoms with van der Waals surface area (Å²) in [5.41, 5.74) is 3.35. The van der Waals surface area contributed by atoms with Crippen molar-refractivity contribution in [3.63, 3.8) is 0 Å². The van der Waals surface area contributed by atoms with E-state index < -0.39 is 0 Å². The lowest BCUT2D eigenvalue weighted by atomic mass is 10.0. The van der Waals surface area contributed by atoms with Gasteiger partial charge in [-0.15, -0.1) is 11.6 Å². The largest absolute Gasteiger partial charge is 0.249 e. The first kappa shape index (κ1) is 14.0. The average molecular weight is 309 g/mol. The van der Waals surface area contributed by atoms with Crippen LogP contribution in [0.4, 0.5) is 0 Å². The van der Waals surface area contributed by atoms with E-state index in [1.807, 2.05) is 22.9 Å². The Kier molecular flexibility index (Phi) is 4.32. The number of aromatic nitrogens is 2. The maximum atomic E-state index is 6.47. The molecule has 4 heteroatoms. The molecule has 0 unspecified atom stereocenters. The second-order valence-corrected chi connectivity index (χ2v) is 6.04. The zero-order valence-corrected chi connectivity index (χ0v) is 12.9. The van der Waals surface area contributed by atoms with E-state index in [1.54, 1.807) is 0 Å². The van der Waals surface area contributed by atoms with Crippen molar-refractivity contribution >= 4 is 23.2 Å². The van der Waals surface area contributed by atoms with Gasteiger partial charge in [-0.2, -0.15) is 5.10 Å². The normalized spacial score (nSPS) is 15.9. The van der Waals surface area contributed by atoms with E-state index in [2.05, 4.69) is 12.1 Å². The molecular formula is C16H18Cl2N2.